The molecular weight excluding hydrogens is 192 g/mol. The summed E-state index contributed by atoms with van der Waals surface area (Å²) in [6, 6.07) is 0. The summed E-state index contributed by atoms with van der Waals surface area (Å²) >= 11 is 0. The van der Waals surface area contributed by atoms with Crippen LogP contribution in [0.4, 0.5) is 0 Å². The van der Waals surface area contributed by atoms with Crippen LogP contribution in [0.15, 0.2) is 0 Å². The largest absolute Gasteiger partial charge is 0.0651 e. The zero-order valence-electron chi connectivity index (χ0n) is 12.9. The van der Waals surface area contributed by atoms with Crippen LogP contribution in [-0.2, 0) is 0 Å². The molecule has 16 heavy (non-hydrogen) atoms. The van der Waals surface area contributed by atoms with Crippen LogP contribution in [0.1, 0.15) is 74.7 Å². The van der Waals surface area contributed by atoms with Gasteiger partial charge in [-0.3, -0.25) is 0 Å². The second-order valence-corrected chi connectivity index (χ2v) is 6.34. The molecule has 0 aliphatic heterocycles. The van der Waals surface area contributed by atoms with Gasteiger partial charge in [-0.1, -0.05) is 74.7 Å². The van der Waals surface area contributed by atoms with E-state index in [-0.39, 0.29) is 0 Å². The molecule has 3 unspecified atom stereocenters. The number of rotatable bonds is 7. The first-order chi connectivity index (χ1) is 7.33. The smallest absolute Gasteiger partial charge is 0.0300 e. The van der Waals surface area contributed by atoms with Gasteiger partial charge in [-0.15, -0.1) is 0 Å². The van der Waals surface area contributed by atoms with Gasteiger partial charge in [0.15, 0.2) is 0 Å². The van der Waals surface area contributed by atoms with Crippen molar-refractivity contribution < 1.29 is 0 Å². The Morgan fingerprint density at radius 3 is 1.50 bits per heavy atom. The van der Waals surface area contributed by atoms with Crippen molar-refractivity contribution in [3.05, 3.63) is 0 Å². The molecule has 0 aromatic rings. The molecule has 0 nitrogen and oxygen atoms in total. The van der Waals surface area contributed by atoms with Gasteiger partial charge in [-0.05, 0) is 29.1 Å². The van der Waals surface area contributed by atoms with E-state index in [9.17, 15) is 0 Å². The molecule has 0 amide bonds. The van der Waals surface area contributed by atoms with Gasteiger partial charge in [0.25, 0.3) is 0 Å². The Morgan fingerprint density at radius 2 is 1.25 bits per heavy atom. The van der Waals surface area contributed by atoms with Crippen molar-refractivity contribution >= 4 is 0 Å². The molecule has 0 bridgehead atoms. The van der Waals surface area contributed by atoms with Gasteiger partial charge in [-0.2, -0.15) is 0 Å². The summed E-state index contributed by atoms with van der Waals surface area (Å²) in [5.41, 5.74) is 0.539. The van der Waals surface area contributed by atoms with E-state index in [0.29, 0.717) is 5.41 Å². The van der Waals surface area contributed by atoms with Gasteiger partial charge in [-0.25, -0.2) is 0 Å². The van der Waals surface area contributed by atoms with Gasteiger partial charge >= 0.3 is 0 Å². The quantitative estimate of drug-likeness (QED) is 0.517. The molecule has 0 heteroatoms. The lowest BCUT2D eigenvalue weighted by Crippen LogP contribution is -2.34. The zero-order chi connectivity index (χ0) is 12.9. The van der Waals surface area contributed by atoms with Crippen molar-refractivity contribution in [1.82, 2.24) is 0 Å². The third-order valence-corrected chi connectivity index (χ3v) is 5.47. The zero-order valence-corrected chi connectivity index (χ0v) is 12.9. The van der Waals surface area contributed by atoms with Crippen LogP contribution in [-0.4, -0.2) is 0 Å². The number of hydrogen-bond acceptors (Lipinski definition) is 0. The summed E-state index contributed by atoms with van der Waals surface area (Å²) in [7, 11) is 0. The highest BCUT2D eigenvalue weighted by Gasteiger charge is 2.35. The topological polar surface area (TPSA) is 0 Å². The molecule has 0 saturated carbocycles. The van der Waals surface area contributed by atoms with Crippen molar-refractivity contribution in [2.24, 2.45) is 29.1 Å². The Morgan fingerprint density at radius 1 is 0.812 bits per heavy atom. The maximum absolute atomic E-state index is 2.49. The third-order valence-electron chi connectivity index (χ3n) is 5.47. The average Bonchev–Trinajstić information content (AvgIpc) is 2.28. The lowest BCUT2D eigenvalue weighted by molar-refractivity contribution is 0.0684. The fourth-order valence-corrected chi connectivity index (χ4v) is 3.25. The van der Waals surface area contributed by atoms with Crippen LogP contribution in [0, 0.1) is 29.1 Å². The molecule has 0 aromatic carbocycles. The predicted octanol–water partition coefficient (Wildman–Crippen LogP) is 5.77. The van der Waals surface area contributed by atoms with E-state index in [1.54, 1.807) is 0 Å². The predicted molar refractivity (Wildman–Crippen MR) is 75.6 cm³/mol. The molecule has 0 saturated heterocycles. The minimum atomic E-state index is 0.539. The second-order valence-electron chi connectivity index (χ2n) is 6.34. The van der Waals surface area contributed by atoms with E-state index >= 15 is 0 Å². The third kappa shape index (κ3) is 3.50. The van der Waals surface area contributed by atoms with E-state index in [0.717, 1.165) is 23.7 Å². The first-order valence-electron chi connectivity index (χ1n) is 7.33. The molecular formula is C16H34. The van der Waals surface area contributed by atoms with Crippen LogP contribution < -0.4 is 0 Å². The highest BCUT2D eigenvalue weighted by atomic mass is 14.4. The van der Waals surface area contributed by atoms with Gasteiger partial charge in [0.05, 0.1) is 0 Å². The minimum absolute atomic E-state index is 0.539. The van der Waals surface area contributed by atoms with E-state index in [4.69, 9.17) is 0 Å². The summed E-state index contributed by atoms with van der Waals surface area (Å²) in [6.45, 7) is 19.2. The monoisotopic (exact) mass is 226 g/mol. The fraction of sp³-hybridized carbons (Fsp3) is 1.00. The molecule has 0 aliphatic rings. The number of hydrogen-bond donors (Lipinski definition) is 0. The van der Waals surface area contributed by atoms with Crippen molar-refractivity contribution in [2.75, 3.05) is 0 Å². The summed E-state index contributed by atoms with van der Waals surface area (Å²) in [5.74, 6) is 3.36. The summed E-state index contributed by atoms with van der Waals surface area (Å²) in [6.07, 6.45) is 3.96. The summed E-state index contributed by atoms with van der Waals surface area (Å²) in [5, 5.41) is 0. The van der Waals surface area contributed by atoms with Crippen LogP contribution >= 0.6 is 0 Å². The highest BCUT2D eigenvalue weighted by Crippen LogP contribution is 2.44. The SMILES string of the molecule is CCC(C(C)C(C)C(C)C)C(C)(CC)CC. The van der Waals surface area contributed by atoms with Crippen molar-refractivity contribution in [3.8, 4) is 0 Å². The van der Waals surface area contributed by atoms with Gasteiger partial charge in [0.1, 0.15) is 0 Å². The van der Waals surface area contributed by atoms with Crippen LogP contribution in [0.5, 0.6) is 0 Å². The Labute approximate surface area is 104 Å². The Hall–Kier alpha value is 0. The normalized spacial score (nSPS) is 18.6. The van der Waals surface area contributed by atoms with Crippen molar-refractivity contribution in [2.45, 2.75) is 74.7 Å². The maximum Gasteiger partial charge on any atom is -0.0300 e. The second kappa shape index (κ2) is 6.67. The molecule has 98 valence electrons. The summed E-state index contributed by atoms with van der Waals surface area (Å²) < 4.78 is 0. The molecule has 3 atom stereocenters. The summed E-state index contributed by atoms with van der Waals surface area (Å²) in [4.78, 5) is 0. The van der Waals surface area contributed by atoms with Gasteiger partial charge in [0, 0.05) is 0 Å². The molecule has 0 N–H and O–H groups in total. The fourth-order valence-electron chi connectivity index (χ4n) is 3.25. The standard InChI is InChI=1S/C16H34/c1-9-15(16(8,10-2)11-3)14(7)13(6)12(4)5/h12-15H,9-11H2,1-8H3. The average molecular weight is 226 g/mol. The van der Waals surface area contributed by atoms with Crippen molar-refractivity contribution in [3.63, 3.8) is 0 Å². The van der Waals surface area contributed by atoms with Crippen LogP contribution in [0.25, 0.3) is 0 Å². The first-order valence-corrected chi connectivity index (χ1v) is 7.33. The minimum Gasteiger partial charge on any atom is -0.0651 e. The first kappa shape index (κ1) is 16.0. The molecule has 0 rings (SSSR count). The Kier molecular flexibility index (Phi) is 6.67. The van der Waals surface area contributed by atoms with Crippen molar-refractivity contribution in [1.29, 1.82) is 0 Å². The lowest BCUT2D eigenvalue weighted by Gasteiger charge is -2.43. The maximum atomic E-state index is 2.49. The highest BCUT2D eigenvalue weighted by molar-refractivity contribution is 4.85. The van der Waals surface area contributed by atoms with Crippen LogP contribution in [0.3, 0.4) is 0 Å². The molecule has 0 radical (unpaired) electrons. The lowest BCUT2D eigenvalue weighted by atomic mass is 9.63. The Bertz CT molecular complexity index is 176. The van der Waals surface area contributed by atoms with E-state index in [2.05, 4.69) is 55.4 Å². The molecule has 0 fully saturated rings. The Balaban J connectivity index is 4.84. The molecule has 0 aromatic heterocycles. The van der Waals surface area contributed by atoms with E-state index in [1.807, 2.05) is 0 Å². The molecule has 0 heterocycles. The van der Waals surface area contributed by atoms with Crippen LogP contribution in [0.2, 0.25) is 0 Å². The van der Waals surface area contributed by atoms with Gasteiger partial charge in [0.2, 0.25) is 0 Å². The molecule has 0 spiro atoms. The van der Waals surface area contributed by atoms with E-state index in [1.165, 1.54) is 19.3 Å². The van der Waals surface area contributed by atoms with E-state index < -0.39 is 0 Å². The molecule has 0 aliphatic carbocycles. The van der Waals surface area contributed by atoms with Gasteiger partial charge < -0.3 is 0 Å².